The molecule has 2 rings (SSSR count). The van der Waals surface area contributed by atoms with Crippen molar-refractivity contribution in [3.8, 4) is 0 Å². The zero-order chi connectivity index (χ0) is 10.7. The number of unbranched alkanes of at least 4 members (excludes halogenated alkanes) is 1. The number of para-hydroxylation sites is 1. The maximum Gasteiger partial charge on any atom is 0.0711 e. The first-order valence-corrected chi connectivity index (χ1v) is 5.42. The van der Waals surface area contributed by atoms with E-state index in [-0.39, 0.29) is 0 Å². The Bertz CT molecular complexity index is 445. The van der Waals surface area contributed by atoms with Crippen molar-refractivity contribution in [1.82, 2.24) is 9.78 Å². The van der Waals surface area contributed by atoms with Gasteiger partial charge in [-0.25, -0.2) is 0 Å². The summed E-state index contributed by atoms with van der Waals surface area (Å²) in [6.45, 7) is 0.779. The van der Waals surface area contributed by atoms with Gasteiger partial charge in [0.2, 0.25) is 0 Å². The van der Waals surface area contributed by atoms with E-state index in [1.807, 2.05) is 17.9 Å². The minimum atomic E-state index is 0.779. The number of benzene rings is 1. The summed E-state index contributed by atoms with van der Waals surface area (Å²) in [6, 6.07) is 6.39. The van der Waals surface area contributed by atoms with Crippen LogP contribution in [0.1, 0.15) is 18.4 Å². The van der Waals surface area contributed by atoms with Gasteiger partial charge in [0, 0.05) is 12.4 Å². The quantitative estimate of drug-likeness (QED) is 0.771. The molecule has 2 aromatic rings. The number of rotatable bonds is 4. The highest BCUT2D eigenvalue weighted by molar-refractivity contribution is 5.81. The molecule has 1 aromatic carbocycles. The smallest absolute Gasteiger partial charge is 0.0711 e. The predicted molar refractivity (Wildman–Crippen MR) is 62.7 cm³/mol. The van der Waals surface area contributed by atoms with Gasteiger partial charge in [-0.05, 0) is 31.4 Å². The standard InChI is InChI=1S/C12H17N3/c1-15-12-10(5-2-3-8-13)6-4-7-11(12)9-14-15/h4,6-7,9H,2-3,5,8,13H2,1H3. The fourth-order valence-electron chi connectivity index (χ4n) is 1.98. The van der Waals surface area contributed by atoms with E-state index in [4.69, 9.17) is 5.73 Å². The second kappa shape index (κ2) is 4.45. The average Bonchev–Trinajstić information content (AvgIpc) is 2.62. The van der Waals surface area contributed by atoms with Crippen molar-refractivity contribution in [2.24, 2.45) is 12.8 Å². The van der Waals surface area contributed by atoms with Gasteiger partial charge in [-0.1, -0.05) is 18.2 Å². The van der Waals surface area contributed by atoms with Crippen molar-refractivity contribution in [1.29, 1.82) is 0 Å². The van der Waals surface area contributed by atoms with Crippen LogP contribution in [0.15, 0.2) is 24.4 Å². The molecule has 0 unspecified atom stereocenters. The van der Waals surface area contributed by atoms with E-state index >= 15 is 0 Å². The van der Waals surface area contributed by atoms with E-state index < -0.39 is 0 Å². The zero-order valence-electron chi connectivity index (χ0n) is 9.11. The Hall–Kier alpha value is -1.35. The lowest BCUT2D eigenvalue weighted by atomic mass is 10.1. The van der Waals surface area contributed by atoms with Gasteiger partial charge in [0.1, 0.15) is 0 Å². The van der Waals surface area contributed by atoms with Gasteiger partial charge < -0.3 is 5.73 Å². The third-order valence-electron chi connectivity index (χ3n) is 2.74. The Kier molecular flexibility index (Phi) is 3.02. The molecule has 0 radical (unpaired) electrons. The van der Waals surface area contributed by atoms with Crippen molar-refractivity contribution >= 4 is 10.9 Å². The highest BCUT2D eigenvalue weighted by atomic mass is 15.2. The number of fused-ring (bicyclic) bond motifs is 1. The summed E-state index contributed by atoms with van der Waals surface area (Å²) in [7, 11) is 1.99. The summed E-state index contributed by atoms with van der Waals surface area (Å²) in [5.41, 5.74) is 8.13. The van der Waals surface area contributed by atoms with Crippen molar-refractivity contribution in [2.75, 3.05) is 6.54 Å². The molecule has 2 N–H and O–H groups in total. The molecular formula is C12H17N3. The Labute approximate surface area is 89.9 Å². The van der Waals surface area contributed by atoms with Crippen LogP contribution in [-0.2, 0) is 13.5 Å². The SMILES string of the molecule is Cn1ncc2cccc(CCCCN)c21. The van der Waals surface area contributed by atoms with Crippen LogP contribution in [0.4, 0.5) is 0 Å². The summed E-state index contributed by atoms with van der Waals surface area (Å²) >= 11 is 0. The number of nitrogens with zero attached hydrogens (tertiary/aromatic N) is 2. The monoisotopic (exact) mass is 203 g/mol. The van der Waals surface area contributed by atoms with Crippen LogP contribution in [0.2, 0.25) is 0 Å². The molecule has 80 valence electrons. The summed E-state index contributed by atoms with van der Waals surface area (Å²) in [4.78, 5) is 0. The minimum Gasteiger partial charge on any atom is -0.330 e. The van der Waals surface area contributed by atoms with Gasteiger partial charge in [0.05, 0.1) is 11.7 Å². The molecule has 0 atom stereocenters. The van der Waals surface area contributed by atoms with Crippen LogP contribution < -0.4 is 5.73 Å². The lowest BCUT2D eigenvalue weighted by Crippen LogP contribution is -2.00. The van der Waals surface area contributed by atoms with Crippen LogP contribution in [0, 0.1) is 0 Å². The topological polar surface area (TPSA) is 43.8 Å². The Morgan fingerprint density at radius 2 is 2.20 bits per heavy atom. The number of hydrogen-bond acceptors (Lipinski definition) is 2. The summed E-state index contributed by atoms with van der Waals surface area (Å²) in [6.07, 6.45) is 5.25. The van der Waals surface area contributed by atoms with Gasteiger partial charge in [-0.3, -0.25) is 4.68 Å². The van der Waals surface area contributed by atoms with Gasteiger partial charge in [0.15, 0.2) is 0 Å². The first kappa shape index (κ1) is 10.2. The second-order valence-electron chi connectivity index (χ2n) is 3.87. The van der Waals surface area contributed by atoms with Gasteiger partial charge in [0.25, 0.3) is 0 Å². The number of aryl methyl sites for hydroxylation is 2. The number of nitrogens with two attached hydrogens (primary N) is 1. The van der Waals surface area contributed by atoms with E-state index in [1.54, 1.807) is 0 Å². The normalized spacial score (nSPS) is 11.1. The molecule has 0 saturated heterocycles. The molecule has 0 aliphatic rings. The Balaban J connectivity index is 2.29. The van der Waals surface area contributed by atoms with Crippen LogP contribution in [0.5, 0.6) is 0 Å². The van der Waals surface area contributed by atoms with Crippen LogP contribution in [0.3, 0.4) is 0 Å². The molecule has 0 aliphatic carbocycles. The molecular weight excluding hydrogens is 186 g/mol. The third kappa shape index (κ3) is 2.02. The lowest BCUT2D eigenvalue weighted by Gasteiger charge is -2.04. The van der Waals surface area contributed by atoms with Crippen LogP contribution in [0.25, 0.3) is 10.9 Å². The highest BCUT2D eigenvalue weighted by Gasteiger charge is 2.04. The number of aromatic nitrogens is 2. The fraction of sp³-hybridized carbons (Fsp3) is 0.417. The summed E-state index contributed by atoms with van der Waals surface area (Å²) in [5, 5.41) is 5.50. The molecule has 1 aromatic heterocycles. The van der Waals surface area contributed by atoms with Gasteiger partial charge >= 0.3 is 0 Å². The van der Waals surface area contributed by atoms with E-state index in [1.165, 1.54) is 16.5 Å². The van der Waals surface area contributed by atoms with E-state index in [2.05, 4.69) is 23.3 Å². The van der Waals surface area contributed by atoms with Crippen molar-refractivity contribution in [3.05, 3.63) is 30.0 Å². The third-order valence-corrected chi connectivity index (χ3v) is 2.74. The molecule has 3 heteroatoms. The molecule has 0 spiro atoms. The van der Waals surface area contributed by atoms with Crippen molar-refractivity contribution in [3.63, 3.8) is 0 Å². The molecule has 0 fully saturated rings. The van der Waals surface area contributed by atoms with Crippen molar-refractivity contribution in [2.45, 2.75) is 19.3 Å². The minimum absolute atomic E-state index is 0.779. The van der Waals surface area contributed by atoms with E-state index in [0.29, 0.717) is 0 Å². The van der Waals surface area contributed by atoms with Gasteiger partial charge in [-0.2, -0.15) is 5.10 Å². The largest absolute Gasteiger partial charge is 0.330 e. The van der Waals surface area contributed by atoms with Crippen molar-refractivity contribution < 1.29 is 0 Å². The first-order valence-electron chi connectivity index (χ1n) is 5.42. The summed E-state index contributed by atoms with van der Waals surface area (Å²) < 4.78 is 1.95. The Morgan fingerprint density at radius 1 is 1.33 bits per heavy atom. The molecule has 0 amide bonds. The predicted octanol–water partition coefficient (Wildman–Crippen LogP) is 1.85. The lowest BCUT2D eigenvalue weighted by molar-refractivity contribution is 0.738. The molecule has 0 aliphatic heterocycles. The maximum absolute atomic E-state index is 5.50. The Morgan fingerprint density at radius 3 is 3.00 bits per heavy atom. The molecule has 15 heavy (non-hydrogen) atoms. The van der Waals surface area contributed by atoms with E-state index in [9.17, 15) is 0 Å². The first-order chi connectivity index (χ1) is 7.33. The fourth-order valence-corrected chi connectivity index (χ4v) is 1.98. The zero-order valence-corrected chi connectivity index (χ0v) is 9.11. The summed E-state index contributed by atoms with van der Waals surface area (Å²) in [5.74, 6) is 0. The number of hydrogen-bond donors (Lipinski definition) is 1. The van der Waals surface area contributed by atoms with Crippen LogP contribution >= 0.6 is 0 Å². The van der Waals surface area contributed by atoms with Crippen LogP contribution in [-0.4, -0.2) is 16.3 Å². The maximum atomic E-state index is 5.50. The molecule has 3 nitrogen and oxygen atoms in total. The van der Waals surface area contributed by atoms with E-state index in [0.717, 1.165) is 25.8 Å². The highest BCUT2D eigenvalue weighted by Crippen LogP contribution is 2.19. The average molecular weight is 203 g/mol. The molecule has 1 heterocycles. The van der Waals surface area contributed by atoms with Gasteiger partial charge in [-0.15, -0.1) is 0 Å². The molecule has 0 bridgehead atoms. The second-order valence-corrected chi connectivity index (χ2v) is 3.87. The molecule has 0 saturated carbocycles.